The second-order valence-corrected chi connectivity index (χ2v) is 6.56. The van der Waals surface area contributed by atoms with E-state index in [4.69, 9.17) is 22.8 Å². The first-order chi connectivity index (χ1) is 10.1. The zero-order valence-corrected chi connectivity index (χ0v) is 14.0. The molecule has 0 N–H and O–H groups in total. The molecule has 0 saturated heterocycles. The van der Waals surface area contributed by atoms with E-state index in [0.29, 0.717) is 30.8 Å². The third-order valence-corrected chi connectivity index (χ3v) is 5.66. The summed E-state index contributed by atoms with van der Waals surface area (Å²) in [6, 6.07) is 4.19. The summed E-state index contributed by atoms with van der Waals surface area (Å²) in [5.41, 5.74) is 0. The summed E-state index contributed by atoms with van der Waals surface area (Å²) < 4.78 is 41.4. The molecule has 0 unspecified atom stereocenters. The normalized spacial score (nSPS) is 11.7. The first-order valence-electron chi connectivity index (χ1n) is 6.97. The molecule has 120 valence electrons. The molecule has 0 heterocycles. The molecule has 21 heavy (non-hydrogen) atoms. The van der Waals surface area contributed by atoms with Crippen molar-refractivity contribution in [3.05, 3.63) is 24.0 Å². The van der Waals surface area contributed by atoms with Gasteiger partial charge in [-0.3, -0.25) is 0 Å². The number of ether oxygens (including phenoxy) is 2. The fourth-order valence-electron chi connectivity index (χ4n) is 1.92. The minimum Gasteiger partial charge on any atom is -0.467 e. The van der Waals surface area contributed by atoms with Crippen LogP contribution in [-0.2, 0) is 18.0 Å². The highest BCUT2D eigenvalue weighted by Gasteiger charge is 2.46. The van der Waals surface area contributed by atoms with Gasteiger partial charge in [-0.15, -0.1) is 0 Å². The Morgan fingerprint density at radius 2 is 1.57 bits per heavy atom. The van der Waals surface area contributed by atoms with E-state index in [1.54, 1.807) is 0 Å². The first-order valence-corrected chi connectivity index (χ1v) is 8.69. The first kappa shape index (κ1) is 18.1. The Morgan fingerprint density at radius 3 is 2.05 bits per heavy atom. The highest BCUT2D eigenvalue weighted by Crippen LogP contribution is 2.19. The summed E-state index contributed by atoms with van der Waals surface area (Å²) in [5, 5.41) is 0.477. The fraction of sp³-hybridized carbons (Fsp3) is 0.571. The Balaban J connectivity index is 3.28. The SMILES string of the molecule is CCO[Si](OCC)(OCC)c1cc(F)ccc1OCOC. The number of methoxy groups -OCH3 is 1. The lowest BCUT2D eigenvalue weighted by Gasteiger charge is -2.29. The van der Waals surface area contributed by atoms with Crippen molar-refractivity contribution >= 4 is 14.0 Å². The molecule has 0 amide bonds. The van der Waals surface area contributed by atoms with E-state index in [1.165, 1.54) is 25.3 Å². The van der Waals surface area contributed by atoms with Crippen LogP contribution in [0.1, 0.15) is 20.8 Å². The lowest BCUT2D eigenvalue weighted by Crippen LogP contribution is -2.57. The smallest absolute Gasteiger partial charge is 0.467 e. The molecule has 5 nitrogen and oxygen atoms in total. The molecule has 0 atom stereocenters. The molecule has 0 spiro atoms. The Bertz CT molecular complexity index is 413. The molecule has 0 fully saturated rings. The van der Waals surface area contributed by atoms with Crippen molar-refractivity contribution in [2.45, 2.75) is 20.8 Å². The maximum atomic E-state index is 13.7. The zero-order chi connectivity index (χ0) is 15.7. The van der Waals surface area contributed by atoms with Crippen molar-refractivity contribution in [3.8, 4) is 5.75 Å². The van der Waals surface area contributed by atoms with Gasteiger partial charge in [-0.1, -0.05) is 0 Å². The van der Waals surface area contributed by atoms with Crippen LogP contribution in [0, 0.1) is 5.82 Å². The van der Waals surface area contributed by atoms with Gasteiger partial charge in [0.25, 0.3) is 0 Å². The third kappa shape index (κ3) is 4.75. The topological polar surface area (TPSA) is 46.2 Å². The largest absolute Gasteiger partial charge is 0.541 e. The van der Waals surface area contributed by atoms with Crippen LogP contribution in [0.5, 0.6) is 5.75 Å². The van der Waals surface area contributed by atoms with Gasteiger partial charge in [-0.2, -0.15) is 0 Å². The number of hydrogen-bond donors (Lipinski definition) is 0. The van der Waals surface area contributed by atoms with Crippen molar-refractivity contribution < 1.29 is 27.1 Å². The summed E-state index contributed by atoms with van der Waals surface area (Å²) in [6.45, 7) is 6.76. The molecule has 0 saturated carbocycles. The predicted molar refractivity (Wildman–Crippen MR) is 79.2 cm³/mol. The van der Waals surface area contributed by atoms with Gasteiger partial charge in [0.15, 0.2) is 6.79 Å². The van der Waals surface area contributed by atoms with Gasteiger partial charge in [0, 0.05) is 26.9 Å². The highest BCUT2D eigenvalue weighted by molar-refractivity contribution is 6.76. The molecule has 7 heteroatoms. The summed E-state index contributed by atoms with van der Waals surface area (Å²) in [4.78, 5) is 0. The summed E-state index contributed by atoms with van der Waals surface area (Å²) in [7, 11) is -1.70. The van der Waals surface area contributed by atoms with Crippen LogP contribution in [0.25, 0.3) is 0 Å². The summed E-state index contributed by atoms with van der Waals surface area (Å²) >= 11 is 0. The van der Waals surface area contributed by atoms with Crippen LogP contribution in [0.4, 0.5) is 4.39 Å². The molecule has 0 bridgehead atoms. The maximum absolute atomic E-state index is 13.7. The van der Waals surface area contributed by atoms with Gasteiger partial charge in [0.2, 0.25) is 0 Å². The second-order valence-electron chi connectivity index (χ2n) is 4.05. The summed E-state index contributed by atoms with van der Waals surface area (Å²) in [6.07, 6.45) is 0. The fourth-order valence-corrected chi connectivity index (χ4v) is 4.55. The summed E-state index contributed by atoms with van der Waals surface area (Å²) in [5.74, 6) is 0.0472. The molecular formula is C14H23FO5Si. The molecular weight excluding hydrogens is 295 g/mol. The van der Waals surface area contributed by atoms with Crippen LogP contribution >= 0.6 is 0 Å². The molecule has 0 radical (unpaired) electrons. The van der Waals surface area contributed by atoms with Crippen LogP contribution in [-0.4, -0.2) is 42.5 Å². The average molecular weight is 318 g/mol. The maximum Gasteiger partial charge on any atom is 0.541 e. The van der Waals surface area contributed by atoms with Crippen molar-refractivity contribution in [2.24, 2.45) is 0 Å². The third-order valence-electron chi connectivity index (χ3n) is 2.61. The van der Waals surface area contributed by atoms with Crippen molar-refractivity contribution in [1.82, 2.24) is 0 Å². The van der Waals surface area contributed by atoms with E-state index >= 15 is 0 Å². The predicted octanol–water partition coefficient (Wildman–Crippen LogP) is 2.06. The monoisotopic (exact) mass is 318 g/mol. The number of hydrogen-bond acceptors (Lipinski definition) is 5. The zero-order valence-electron chi connectivity index (χ0n) is 13.0. The van der Waals surface area contributed by atoms with E-state index in [2.05, 4.69) is 0 Å². The lowest BCUT2D eigenvalue weighted by molar-refractivity contribution is 0.0496. The Labute approximate surface area is 126 Å². The molecule has 1 aromatic carbocycles. The minimum atomic E-state index is -3.22. The van der Waals surface area contributed by atoms with Gasteiger partial charge >= 0.3 is 8.80 Å². The van der Waals surface area contributed by atoms with E-state index in [1.807, 2.05) is 20.8 Å². The Hall–Kier alpha value is -0.993. The van der Waals surface area contributed by atoms with Gasteiger partial charge in [0.05, 0.1) is 5.19 Å². The number of benzene rings is 1. The van der Waals surface area contributed by atoms with Gasteiger partial charge in [-0.05, 0) is 39.0 Å². The van der Waals surface area contributed by atoms with E-state index < -0.39 is 14.6 Å². The van der Waals surface area contributed by atoms with Crippen LogP contribution in [0.2, 0.25) is 0 Å². The minimum absolute atomic E-state index is 0.0491. The van der Waals surface area contributed by atoms with Crippen LogP contribution in [0.15, 0.2) is 18.2 Å². The van der Waals surface area contributed by atoms with Crippen molar-refractivity contribution in [1.29, 1.82) is 0 Å². The standard InChI is InChI=1S/C14H23FO5Si/c1-5-18-21(19-6-2,20-7-3)14-10-12(15)8-9-13(14)17-11-16-4/h8-10H,5-7,11H2,1-4H3. The van der Waals surface area contributed by atoms with Gasteiger partial charge in [0.1, 0.15) is 11.6 Å². The molecule has 0 aliphatic carbocycles. The molecule has 1 aromatic rings. The number of halogens is 1. The highest BCUT2D eigenvalue weighted by atomic mass is 28.4. The Kier molecular flexibility index (Phi) is 7.83. The van der Waals surface area contributed by atoms with Crippen molar-refractivity contribution in [3.63, 3.8) is 0 Å². The molecule has 0 aliphatic heterocycles. The van der Waals surface area contributed by atoms with Crippen molar-refractivity contribution in [2.75, 3.05) is 33.7 Å². The van der Waals surface area contributed by atoms with Crippen LogP contribution in [0.3, 0.4) is 0 Å². The van der Waals surface area contributed by atoms with E-state index in [9.17, 15) is 4.39 Å². The lowest BCUT2D eigenvalue weighted by atomic mass is 10.3. The van der Waals surface area contributed by atoms with E-state index in [0.717, 1.165) is 0 Å². The average Bonchev–Trinajstić information content (AvgIpc) is 2.46. The molecule has 0 aliphatic rings. The Morgan fingerprint density at radius 1 is 1.00 bits per heavy atom. The second kappa shape index (κ2) is 9.11. The molecule has 1 rings (SSSR count). The van der Waals surface area contributed by atoms with Gasteiger partial charge in [-0.25, -0.2) is 4.39 Å². The molecule has 0 aromatic heterocycles. The quantitative estimate of drug-likeness (QED) is 0.488. The van der Waals surface area contributed by atoms with Crippen LogP contribution < -0.4 is 9.92 Å². The van der Waals surface area contributed by atoms with E-state index in [-0.39, 0.29) is 6.79 Å². The van der Waals surface area contributed by atoms with Gasteiger partial charge < -0.3 is 22.8 Å². The number of rotatable bonds is 10.